The molecule has 0 fully saturated rings. The van der Waals surface area contributed by atoms with Gasteiger partial charge in [0.05, 0.1) is 24.5 Å². The van der Waals surface area contributed by atoms with Crippen LogP contribution in [-0.2, 0) is 10.0 Å². The number of alkyl halides is 2. The van der Waals surface area contributed by atoms with E-state index in [0.29, 0.717) is 5.69 Å². The fourth-order valence-corrected chi connectivity index (χ4v) is 2.71. The van der Waals surface area contributed by atoms with Crippen molar-refractivity contribution in [3.05, 3.63) is 11.4 Å². The van der Waals surface area contributed by atoms with Gasteiger partial charge in [0.25, 0.3) is 5.92 Å². The highest BCUT2D eigenvalue weighted by Crippen LogP contribution is 2.17. The molecular formula is C8H14F2N4O2S. The summed E-state index contributed by atoms with van der Waals surface area (Å²) in [7, 11) is -4.00. The zero-order valence-corrected chi connectivity index (χ0v) is 10.2. The lowest BCUT2D eigenvalue weighted by atomic mass is 10.3. The van der Waals surface area contributed by atoms with E-state index in [4.69, 9.17) is 5.73 Å². The summed E-state index contributed by atoms with van der Waals surface area (Å²) in [4.78, 5) is -0.106. The van der Waals surface area contributed by atoms with E-state index in [1.807, 2.05) is 4.72 Å². The molecule has 1 heterocycles. The van der Waals surface area contributed by atoms with Crippen molar-refractivity contribution in [3.8, 4) is 0 Å². The maximum atomic E-state index is 12.9. The zero-order valence-electron chi connectivity index (χ0n) is 9.42. The molecule has 1 aromatic rings. The topological polar surface area (TPSA) is 101 Å². The average molecular weight is 268 g/mol. The Kier molecular flexibility index (Phi) is 3.84. The first-order valence-corrected chi connectivity index (χ1v) is 6.27. The van der Waals surface area contributed by atoms with Gasteiger partial charge in [-0.15, -0.1) is 0 Å². The Morgan fingerprint density at radius 1 is 1.47 bits per heavy atom. The van der Waals surface area contributed by atoms with Crippen molar-refractivity contribution in [2.24, 2.45) is 5.73 Å². The number of nitrogens with zero attached hydrogens (tertiary/aromatic N) is 1. The molecule has 1 rings (SSSR count). The van der Waals surface area contributed by atoms with Crippen molar-refractivity contribution >= 4 is 10.0 Å². The average Bonchev–Trinajstić information content (AvgIpc) is 2.57. The number of hydrogen-bond donors (Lipinski definition) is 3. The Morgan fingerprint density at radius 3 is 2.47 bits per heavy atom. The molecule has 0 aliphatic carbocycles. The second-order valence-electron chi connectivity index (χ2n) is 3.65. The van der Waals surface area contributed by atoms with Crippen LogP contribution >= 0.6 is 0 Å². The van der Waals surface area contributed by atoms with Gasteiger partial charge in [-0.25, -0.2) is 21.9 Å². The summed E-state index contributed by atoms with van der Waals surface area (Å²) < 4.78 is 51.0. The molecule has 1 aromatic heterocycles. The van der Waals surface area contributed by atoms with Gasteiger partial charge >= 0.3 is 0 Å². The molecule has 98 valence electrons. The normalized spacial score (nSPS) is 13.0. The van der Waals surface area contributed by atoms with E-state index in [1.54, 1.807) is 0 Å². The number of H-pyrrole nitrogens is 1. The highest BCUT2D eigenvalue weighted by atomic mass is 32.2. The van der Waals surface area contributed by atoms with Crippen LogP contribution in [0.2, 0.25) is 0 Å². The molecule has 0 aliphatic heterocycles. The quantitative estimate of drug-likeness (QED) is 0.694. The second kappa shape index (κ2) is 4.67. The monoisotopic (exact) mass is 268 g/mol. The highest BCUT2D eigenvalue weighted by molar-refractivity contribution is 7.89. The van der Waals surface area contributed by atoms with Gasteiger partial charge in [0.2, 0.25) is 10.0 Å². The molecule has 9 heteroatoms. The van der Waals surface area contributed by atoms with E-state index >= 15 is 0 Å². The maximum Gasteiger partial charge on any atom is 0.273 e. The van der Waals surface area contributed by atoms with Crippen LogP contribution < -0.4 is 10.5 Å². The van der Waals surface area contributed by atoms with Gasteiger partial charge in [0.15, 0.2) is 0 Å². The van der Waals surface area contributed by atoms with Gasteiger partial charge in [-0.05, 0) is 13.8 Å². The largest absolute Gasteiger partial charge is 0.325 e. The molecule has 0 aliphatic rings. The molecule has 0 radical (unpaired) electrons. The van der Waals surface area contributed by atoms with Crippen molar-refractivity contribution in [2.75, 3.05) is 13.1 Å². The Morgan fingerprint density at radius 2 is 2.06 bits per heavy atom. The van der Waals surface area contributed by atoms with E-state index < -0.39 is 29.0 Å². The number of aromatic nitrogens is 2. The van der Waals surface area contributed by atoms with Gasteiger partial charge in [-0.1, -0.05) is 0 Å². The molecule has 0 saturated heterocycles. The summed E-state index contributed by atoms with van der Waals surface area (Å²) in [6, 6.07) is 0. The van der Waals surface area contributed by atoms with Gasteiger partial charge in [0.1, 0.15) is 4.90 Å². The van der Waals surface area contributed by atoms with E-state index in [1.165, 1.54) is 13.8 Å². The molecule has 0 saturated carbocycles. The molecule has 0 unspecified atom stereocenters. The number of hydrogen-bond acceptors (Lipinski definition) is 4. The lowest BCUT2D eigenvalue weighted by Gasteiger charge is -2.14. The highest BCUT2D eigenvalue weighted by Gasteiger charge is 2.31. The first kappa shape index (κ1) is 14.0. The van der Waals surface area contributed by atoms with Crippen molar-refractivity contribution in [1.29, 1.82) is 0 Å². The van der Waals surface area contributed by atoms with Crippen LogP contribution in [0, 0.1) is 13.8 Å². The van der Waals surface area contributed by atoms with E-state index in [2.05, 4.69) is 10.2 Å². The fourth-order valence-electron chi connectivity index (χ4n) is 1.28. The minimum Gasteiger partial charge on any atom is -0.325 e. The lowest BCUT2D eigenvalue weighted by molar-refractivity contribution is 0.0170. The second-order valence-corrected chi connectivity index (χ2v) is 5.35. The number of aromatic amines is 1. The van der Waals surface area contributed by atoms with Crippen molar-refractivity contribution < 1.29 is 17.2 Å². The molecule has 17 heavy (non-hydrogen) atoms. The van der Waals surface area contributed by atoms with Gasteiger partial charge in [-0.2, -0.15) is 5.10 Å². The molecule has 4 N–H and O–H groups in total. The van der Waals surface area contributed by atoms with Crippen molar-refractivity contribution in [1.82, 2.24) is 14.9 Å². The smallest absolute Gasteiger partial charge is 0.273 e. The molecule has 0 bridgehead atoms. The Balaban J connectivity index is 2.91. The number of nitrogens with two attached hydrogens (primary N) is 1. The van der Waals surface area contributed by atoms with Crippen LogP contribution in [0.1, 0.15) is 11.4 Å². The van der Waals surface area contributed by atoms with Gasteiger partial charge in [-0.3, -0.25) is 5.10 Å². The van der Waals surface area contributed by atoms with Crippen molar-refractivity contribution in [2.45, 2.75) is 24.7 Å². The summed E-state index contributed by atoms with van der Waals surface area (Å²) in [5.74, 6) is -3.27. The summed E-state index contributed by atoms with van der Waals surface area (Å²) in [6.07, 6.45) is 0. The van der Waals surface area contributed by atoms with E-state index in [0.717, 1.165) is 0 Å². The molecule has 0 spiro atoms. The van der Waals surface area contributed by atoms with Crippen LogP contribution in [0.5, 0.6) is 0 Å². The standard InChI is InChI=1S/C8H14F2N4O2S/c1-5-7(6(2)14-13-5)17(15,16)12-4-8(9,10)3-11/h12H,3-4,11H2,1-2H3,(H,13,14). The molecule has 6 nitrogen and oxygen atoms in total. The Hall–Kier alpha value is -1.06. The first-order chi connectivity index (χ1) is 7.69. The van der Waals surface area contributed by atoms with E-state index in [-0.39, 0.29) is 10.6 Å². The number of sulfonamides is 1. The van der Waals surface area contributed by atoms with Crippen LogP contribution in [0.4, 0.5) is 8.78 Å². The summed E-state index contributed by atoms with van der Waals surface area (Å²) in [5.41, 5.74) is 5.34. The number of halogens is 2. The fraction of sp³-hybridized carbons (Fsp3) is 0.625. The molecule has 0 amide bonds. The third-order valence-corrected chi connectivity index (χ3v) is 3.81. The van der Waals surface area contributed by atoms with Crippen LogP contribution in [0.15, 0.2) is 4.90 Å². The number of rotatable bonds is 5. The minimum absolute atomic E-state index is 0.106. The number of aryl methyl sites for hydroxylation is 2. The van der Waals surface area contributed by atoms with Gasteiger partial charge < -0.3 is 5.73 Å². The molecule has 0 atom stereocenters. The Labute approximate surface area is 97.6 Å². The SMILES string of the molecule is Cc1n[nH]c(C)c1S(=O)(=O)NCC(F)(F)CN. The maximum absolute atomic E-state index is 12.9. The van der Waals surface area contributed by atoms with Crippen LogP contribution in [0.25, 0.3) is 0 Å². The number of nitrogens with one attached hydrogen (secondary N) is 2. The third-order valence-electron chi connectivity index (χ3n) is 2.15. The van der Waals surface area contributed by atoms with Gasteiger partial charge in [0, 0.05) is 0 Å². The predicted molar refractivity (Wildman–Crippen MR) is 57.3 cm³/mol. The van der Waals surface area contributed by atoms with Crippen LogP contribution in [0.3, 0.4) is 0 Å². The summed E-state index contributed by atoms with van der Waals surface area (Å²) >= 11 is 0. The summed E-state index contributed by atoms with van der Waals surface area (Å²) in [6.45, 7) is 1.02. The first-order valence-electron chi connectivity index (χ1n) is 4.79. The van der Waals surface area contributed by atoms with Crippen molar-refractivity contribution in [3.63, 3.8) is 0 Å². The van der Waals surface area contributed by atoms with Crippen LogP contribution in [-0.4, -0.2) is 37.6 Å². The van der Waals surface area contributed by atoms with E-state index in [9.17, 15) is 17.2 Å². The minimum atomic E-state index is -4.00. The summed E-state index contributed by atoms with van der Waals surface area (Å²) in [5, 5.41) is 6.16. The lowest BCUT2D eigenvalue weighted by Crippen LogP contribution is -2.41. The zero-order chi connectivity index (χ0) is 13.3. The molecule has 0 aromatic carbocycles. The third kappa shape index (κ3) is 3.20. The Bertz CT molecular complexity index is 478. The predicted octanol–water partition coefficient (Wildman–Crippen LogP) is -0.101. The molecular weight excluding hydrogens is 254 g/mol.